The zero-order valence-electron chi connectivity index (χ0n) is 12.1. The number of amides is 1. The van der Waals surface area contributed by atoms with E-state index in [1.54, 1.807) is 37.8 Å². The third kappa shape index (κ3) is 2.74. The minimum Gasteiger partial charge on any atom is -0.496 e. The Bertz CT molecular complexity index is 733. The largest absolute Gasteiger partial charge is 0.496 e. The molecule has 0 fully saturated rings. The van der Waals surface area contributed by atoms with Crippen LogP contribution in [0.1, 0.15) is 27.9 Å². The van der Waals surface area contributed by atoms with Crippen LogP contribution in [0, 0.1) is 0 Å². The number of benzene rings is 1. The lowest BCUT2D eigenvalue weighted by Gasteiger charge is -2.19. The SMILES string of the molecule is COc1ccccc1[C@@H](NC(=O)c1ccc[nH]1)c1ccco1. The van der Waals surface area contributed by atoms with Gasteiger partial charge in [-0.05, 0) is 30.3 Å². The van der Waals surface area contributed by atoms with E-state index < -0.39 is 6.04 Å². The maximum absolute atomic E-state index is 12.4. The van der Waals surface area contributed by atoms with Crippen molar-refractivity contribution >= 4 is 5.91 Å². The van der Waals surface area contributed by atoms with Gasteiger partial charge in [0.15, 0.2) is 0 Å². The fourth-order valence-corrected chi connectivity index (χ4v) is 2.34. The van der Waals surface area contributed by atoms with Crippen LogP contribution in [0.25, 0.3) is 0 Å². The maximum atomic E-state index is 12.4. The molecule has 112 valence electrons. The van der Waals surface area contributed by atoms with E-state index in [9.17, 15) is 4.79 Å². The van der Waals surface area contributed by atoms with Gasteiger partial charge in [-0.1, -0.05) is 18.2 Å². The first-order valence-corrected chi connectivity index (χ1v) is 6.90. The second-order valence-electron chi connectivity index (χ2n) is 4.75. The summed E-state index contributed by atoms with van der Waals surface area (Å²) in [7, 11) is 1.60. The molecule has 0 saturated heterocycles. The van der Waals surface area contributed by atoms with Crippen LogP contribution in [0.5, 0.6) is 5.75 Å². The second-order valence-corrected chi connectivity index (χ2v) is 4.75. The molecule has 0 radical (unpaired) electrons. The van der Waals surface area contributed by atoms with Gasteiger partial charge >= 0.3 is 0 Å². The van der Waals surface area contributed by atoms with Crippen LogP contribution in [-0.2, 0) is 0 Å². The molecule has 2 heterocycles. The Hall–Kier alpha value is -2.95. The molecule has 0 aliphatic heterocycles. The van der Waals surface area contributed by atoms with Crippen molar-refractivity contribution in [2.75, 3.05) is 7.11 Å². The van der Waals surface area contributed by atoms with Gasteiger partial charge in [0.25, 0.3) is 5.91 Å². The van der Waals surface area contributed by atoms with E-state index in [4.69, 9.17) is 9.15 Å². The summed E-state index contributed by atoms with van der Waals surface area (Å²) < 4.78 is 10.9. The fraction of sp³-hybridized carbons (Fsp3) is 0.118. The smallest absolute Gasteiger partial charge is 0.268 e. The highest BCUT2D eigenvalue weighted by molar-refractivity contribution is 5.92. The number of nitrogens with one attached hydrogen (secondary N) is 2. The minimum absolute atomic E-state index is 0.211. The monoisotopic (exact) mass is 296 g/mol. The highest BCUT2D eigenvalue weighted by Crippen LogP contribution is 2.30. The summed E-state index contributed by atoms with van der Waals surface area (Å²) in [6.07, 6.45) is 3.29. The van der Waals surface area contributed by atoms with Crippen molar-refractivity contribution in [2.24, 2.45) is 0 Å². The molecule has 2 N–H and O–H groups in total. The maximum Gasteiger partial charge on any atom is 0.268 e. The topological polar surface area (TPSA) is 67.3 Å². The highest BCUT2D eigenvalue weighted by Gasteiger charge is 2.23. The molecule has 1 amide bonds. The van der Waals surface area contributed by atoms with Gasteiger partial charge in [0.2, 0.25) is 0 Å². The number of aromatic nitrogens is 1. The summed E-state index contributed by atoms with van der Waals surface area (Å²) in [5.74, 6) is 1.12. The Morgan fingerprint density at radius 1 is 1.18 bits per heavy atom. The van der Waals surface area contributed by atoms with Gasteiger partial charge in [0.05, 0.1) is 13.4 Å². The number of H-pyrrole nitrogens is 1. The van der Waals surface area contributed by atoms with Crippen molar-refractivity contribution in [3.8, 4) is 5.75 Å². The molecule has 2 aromatic heterocycles. The Morgan fingerprint density at radius 2 is 2.05 bits per heavy atom. The minimum atomic E-state index is -0.429. The molecule has 1 atom stereocenters. The first-order valence-electron chi connectivity index (χ1n) is 6.90. The molecule has 5 heteroatoms. The van der Waals surface area contributed by atoms with E-state index in [2.05, 4.69) is 10.3 Å². The molecule has 0 saturated carbocycles. The summed E-state index contributed by atoms with van der Waals surface area (Å²) in [5.41, 5.74) is 1.33. The average molecular weight is 296 g/mol. The van der Waals surface area contributed by atoms with E-state index in [1.165, 1.54) is 0 Å². The molecular weight excluding hydrogens is 280 g/mol. The van der Waals surface area contributed by atoms with Gasteiger partial charge in [-0.15, -0.1) is 0 Å². The van der Waals surface area contributed by atoms with E-state index in [0.29, 0.717) is 17.2 Å². The molecule has 0 spiro atoms. The number of hydrogen-bond acceptors (Lipinski definition) is 3. The number of para-hydroxylation sites is 1. The number of hydrogen-bond donors (Lipinski definition) is 2. The summed E-state index contributed by atoms with van der Waals surface area (Å²) in [6.45, 7) is 0. The van der Waals surface area contributed by atoms with E-state index in [0.717, 1.165) is 5.56 Å². The second kappa shape index (κ2) is 6.22. The van der Waals surface area contributed by atoms with E-state index in [-0.39, 0.29) is 5.91 Å². The van der Waals surface area contributed by atoms with Crippen molar-refractivity contribution in [3.63, 3.8) is 0 Å². The molecule has 3 aromatic rings. The van der Waals surface area contributed by atoms with Gasteiger partial charge in [-0.3, -0.25) is 4.79 Å². The van der Waals surface area contributed by atoms with Crippen molar-refractivity contribution in [2.45, 2.75) is 6.04 Å². The summed E-state index contributed by atoms with van der Waals surface area (Å²) in [4.78, 5) is 15.3. The van der Waals surface area contributed by atoms with Crippen molar-refractivity contribution < 1.29 is 13.9 Å². The zero-order chi connectivity index (χ0) is 15.4. The van der Waals surface area contributed by atoms with Gasteiger partial charge in [0.1, 0.15) is 23.2 Å². The first-order chi connectivity index (χ1) is 10.8. The van der Waals surface area contributed by atoms with Crippen LogP contribution < -0.4 is 10.1 Å². The zero-order valence-corrected chi connectivity index (χ0v) is 12.1. The summed E-state index contributed by atoms with van der Waals surface area (Å²) >= 11 is 0. The van der Waals surface area contributed by atoms with Gasteiger partial charge in [0, 0.05) is 11.8 Å². The highest BCUT2D eigenvalue weighted by atomic mass is 16.5. The molecule has 1 aromatic carbocycles. The quantitative estimate of drug-likeness (QED) is 0.760. The Kier molecular flexibility index (Phi) is 3.96. The van der Waals surface area contributed by atoms with Crippen LogP contribution in [0.15, 0.2) is 65.4 Å². The van der Waals surface area contributed by atoms with Gasteiger partial charge in [-0.25, -0.2) is 0 Å². The van der Waals surface area contributed by atoms with Crippen LogP contribution >= 0.6 is 0 Å². The predicted octanol–water partition coefficient (Wildman–Crippen LogP) is 3.14. The predicted molar refractivity (Wildman–Crippen MR) is 81.8 cm³/mol. The van der Waals surface area contributed by atoms with Gasteiger partial charge in [-0.2, -0.15) is 0 Å². The third-order valence-electron chi connectivity index (χ3n) is 3.40. The number of rotatable bonds is 5. The normalized spacial score (nSPS) is 11.9. The molecule has 3 rings (SSSR count). The number of methoxy groups -OCH3 is 1. The molecular formula is C17H16N2O3. The van der Waals surface area contributed by atoms with Crippen LogP contribution in [0.4, 0.5) is 0 Å². The molecule has 22 heavy (non-hydrogen) atoms. The van der Waals surface area contributed by atoms with E-state index >= 15 is 0 Å². The summed E-state index contributed by atoms with van der Waals surface area (Å²) in [6, 6.07) is 14.2. The Morgan fingerprint density at radius 3 is 2.73 bits per heavy atom. The van der Waals surface area contributed by atoms with Crippen LogP contribution in [0.2, 0.25) is 0 Å². The lowest BCUT2D eigenvalue weighted by atomic mass is 10.0. The number of aromatic amines is 1. The first kappa shape index (κ1) is 14.0. The van der Waals surface area contributed by atoms with E-state index in [1.807, 2.05) is 30.3 Å². The Balaban J connectivity index is 1.96. The number of ether oxygens (including phenoxy) is 1. The van der Waals surface area contributed by atoms with Crippen molar-refractivity contribution in [1.82, 2.24) is 10.3 Å². The molecule has 0 aliphatic rings. The van der Waals surface area contributed by atoms with Crippen LogP contribution in [0.3, 0.4) is 0 Å². The molecule has 0 bridgehead atoms. The molecule has 0 unspecified atom stereocenters. The lowest BCUT2D eigenvalue weighted by Crippen LogP contribution is -2.29. The molecule has 5 nitrogen and oxygen atoms in total. The Labute approximate surface area is 127 Å². The summed E-state index contributed by atoms with van der Waals surface area (Å²) in [5, 5.41) is 2.97. The van der Waals surface area contributed by atoms with Crippen molar-refractivity contribution in [3.05, 3.63) is 78.0 Å². The standard InChI is InChI=1S/C17H16N2O3/c1-21-14-8-3-2-6-12(14)16(15-9-5-11-22-15)19-17(20)13-7-4-10-18-13/h2-11,16,18H,1H3,(H,19,20)/t16-/m1/s1. The molecule has 0 aliphatic carbocycles. The number of carbonyl (C=O) groups is 1. The van der Waals surface area contributed by atoms with Gasteiger partial charge < -0.3 is 19.5 Å². The average Bonchev–Trinajstić information content (AvgIpc) is 3.25. The fourth-order valence-electron chi connectivity index (χ4n) is 2.34. The van der Waals surface area contributed by atoms with Crippen LogP contribution in [-0.4, -0.2) is 18.0 Å². The van der Waals surface area contributed by atoms with Crippen molar-refractivity contribution in [1.29, 1.82) is 0 Å². The number of furan rings is 1. The number of carbonyl (C=O) groups excluding carboxylic acids is 1. The third-order valence-corrected chi connectivity index (χ3v) is 3.40. The lowest BCUT2D eigenvalue weighted by molar-refractivity contribution is 0.0934.